The van der Waals surface area contributed by atoms with Crippen LogP contribution in [0.5, 0.6) is 0 Å². The standard InChI is InChI=1S/C33H39F5N4OS.C5H11N.C4H6O.C2H6/c1-8-11-26(43-7)41-30-22(19(5)42(6)20(10-3)13-12-18(4)9-2)16-24(33(36,37)38)28(29(30)35)21-14-15-25(34)31-27(21)23(17-39)32(40)44-31;1-6-4-2-3-5-6;1-3-4(2)5;1-2/h11,14-16,18,20,40-41H,8-10,12-13H2,1-7H3;2-5H2,1H3;3H,1H2,2H3;1-2H3/b22-19+,26-11-,28-21-,40-32?;;;. The Balaban J connectivity index is 0.00000107. The van der Waals surface area contributed by atoms with Gasteiger partial charge in [0.15, 0.2) is 17.5 Å². The van der Waals surface area contributed by atoms with E-state index >= 15 is 4.39 Å². The first kappa shape index (κ1) is 50.9. The third-order valence-electron chi connectivity index (χ3n) is 9.85. The summed E-state index contributed by atoms with van der Waals surface area (Å²) in [5.74, 6) is -1.40. The van der Waals surface area contributed by atoms with Crippen molar-refractivity contribution in [1.82, 2.24) is 9.80 Å². The molecule has 2 heterocycles. The number of methoxy groups -OCH3 is 1. The summed E-state index contributed by atoms with van der Waals surface area (Å²) in [6.07, 6.45) is 4.72. The number of nitrogens with one attached hydrogen (secondary N) is 2. The molecule has 2 unspecified atom stereocenters. The van der Waals surface area contributed by atoms with Crippen LogP contribution < -0.4 is 15.8 Å². The van der Waals surface area contributed by atoms with E-state index in [4.69, 9.17) is 10.1 Å². The molecule has 0 saturated carbocycles. The van der Waals surface area contributed by atoms with Crippen molar-refractivity contribution in [3.8, 4) is 6.07 Å². The van der Waals surface area contributed by atoms with Crippen LogP contribution in [0.1, 0.15) is 106 Å². The maximum absolute atomic E-state index is 16.9. The predicted octanol–water partition coefficient (Wildman–Crippen LogP) is 10.5. The van der Waals surface area contributed by atoms with Gasteiger partial charge in [-0.25, -0.2) is 8.78 Å². The number of nitrogens with zero attached hydrogens (tertiary/aromatic N) is 3. The first-order valence-electron chi connectivity index (χ1n) is 19.6. The lowest BCUT2D eigenvalue weighted by molar-refractivity contribution is -0.138. The van der Waals surface area contributed by atoms with Gasteiger partial charge in [0.2, 0.25) is 0 Å². The third kappa shape index (κ3) is 14.0. The molecule has 0 bridgehead atoms. The number of allylic oxidation sites excluding steroid dienone is 2. The highest BCUT2D eigenvalue weighted by molar-refractivity contribution is 8.15. The SMILES string of the molecule is C=CC(C)=O.CC.CC/C=C(/Nc1c(F)/c(=c2/ccc(F)c3c2=C(C#N)C(=N)S3)c(C(F)(F)F)c/c1=C(/C)N(C)C(CC)CCC(C)CC)OC.CN1CCCC1. The lowest BCUT2D eigenvalue weighted by atomic mass is 9.97. The molecule has 2 atom stereocenters. The highest BCUT2D eigenvalue weighted by Crippen LogP contribution is 2.34. The first-order chi connectivity index (χ1) is 26.9. The van der Waals surface area contributed by atoms with Gasteiger partial charge in [0.05, 0.1) is 28.8 Å². The Morgan fingerprint density at radius 3 is 2.16 bits per heavy atom. The number of nitriles is 1. The molecule has 0 aliphatic carbocycles. The summed E-state index contributed by atoms with van der Waals surface area (Å²) < 4.78 is 81.7. The van der Waals surface area contributed by atoms with Gasteiger partial charge in [0, 0.05) is 34.4 Å². The fourth-order valence-corrected chi connectivity index (χ4v) is 7.15. The Labute approximate surface area is 340 Å². The van der Waals surface area contributed by atoms with Crippen LogP contribution in [0.15, 0.2) is 47.7 Å². The number of rotatable bonds is 12. The second kappa shape index (κ2) is 24.6. The molecule has 316 valence electrons. The van der Waals surface area contributed by atoms with Gasteiger partial charge in [0.25, 0.3) is 0 Å². The van der Waals surface area contributed by atoms with Gasteiger partial charge in [-0.15, -0.1) is 0 Å². The van der Waals surface area contributed by atoms with E-state index in [1.165, 1.54) is 46.0 Å². The first-order valence-corrected chi connectivity index (χ1v) is 20.4. The monoisotopic (exact) mass is 819 g/mol. The van der Waals surface area contributed by atoms with E-state index in [-0.39, 0.29) is 54.6 Å². The van der Waals surface area contributed by atoms with E-state index in [0.717, 1.165) is 43.9 Å². The number of carbonyl (C=O) groups excluding carboxylic acids is 1. The summed E-state index contributed by atoms with van der Waals surface area (Å²) >= 11 is 0.619. The lowest BCUT2D eigenvalue weighted by Crippen LogP contribution is -2.34. The van der Waals surface area contributed by atoms with Crippen LogP contribution in [0.25, 0.3) is 11.3 Å². The molecule has 0 radical (unpaired) electrons. The van der Waals surface area contributed by atoms with Gasteiger partial charge in [0.1, 0.15) is 16.9 Å². The number of fused-ring (bicyclic) bond motifs is 1. The number of carbonyl (C=O) groups is 1. The predicted molar refractivity (Wildman–Crippen MR) is 225 cm³/mol. The summed E-state index contributed by atoms with van der Waals surface area (Å²) in [5, 5.41) is 19.0. The highest BCUT2D eigenvalue weighted by Gasteiger charge is 2.35. The highest BCUT2D eigenvalue weighted by atomic mass is 32.2. The molecular weight excluding hydrogens is 758 g/mol. The van der Waals surface area contributed by atoms with Crippen LogP contribution in [-0.2, 0) is 15.7 Å². The molecule has 1 saturated heterocycles. The molecule has 57 heavy (non-hydrogen) atoms. The van der Waals surface area contributed by atoms with Crippen molar-refractivity contribution in [2.45, 2.75) is 117 Å². The maximum Gasteiger partial charge on any atom is 0.417 e. The van der Waals surface area contributed by atoms with Crippen molar-refractivity contribution in [3.63, 3.8) is 0 Å². The fourth-order valence-electron chi connectivity index (χ4n) is 6.22. The number of anilines is 1. The number of likely N-dealkylation sites (tertiary alicyclic amines) is 1. The van der Waals surface area contributed by atoms with Gasteiger partial charge in [-0.2, -0.15) is 18.4 Å². The molecule has 0 spiro atoms. The number of halogens is 5. The number of alkyl halides is 3. The summed E-state index contributed by atoms with van der Waals surface area (Å²) in [7, 11) is 5.34. The number of thioether (sulfide) groups is 1. The molecule has 13 heteroatoms. The topological polar surface area (TPSA) is 92.5 Å². The smallest absolute Gasteiger partial charge is 0.417 e. The minimum Gasteiger partial charge on any atom is -0.483 e. The number of hydrogen-bond acceptors (Lipinski definition) is 8. The average molecular weight is 820 g/mol. The molecule has 2 N–H and O–H groups in total. The Morgan fingerprint density at radius 1 is 1.12 bits per heavy atom. The van der Waals surface area contributed by atoms with E-state index in [2.05, 4.69) is 37.7 Å². The van der Waals surface area contributed by atoms with Crippen molar-refractivity contribution >= 4 is 39.5 Å². The summed E-state index contributed by atoms with van der Waals surface area (Å²) in [6, 6.07) is 4.66. The van der Waals surface area contributed by atoms with Crippen LogP contribution in [-0.4, -0.2) is 61.0 Å². The van der Waals surface area contributed by atoms with Crippen LogP contribution in [0.4, 0.5) is 27.6 Å². The van der Waals surface area contributed by atoms with Gasteiger partial charge < -0.3 is 19.9 Å². The second-order valence-electron chi connectivity index (χ2n) is 13.7. The molecule has 7 nitrogen and oxygen atoms in total. The van der Waals surface area contributed by atoms with Crippen molar-refractivity contribution in [3.05, 3.63) is 80.9 Å². The minimum atomic E-state index is -5.01. The average Bonchev–Trinajstić information content (AvgIpc) is 3.81. The number of ether oxygens (including phenoxy) is 1. The number of ketones is 1. The molecular formula is C44H62F5N5O2S. The number of benzene rings is 2. The lowest BCUT2D eigenvalue weighted by Gasteiger charge is -2.31. The quantitative estimate of drug-likeness (QED) is 0.125. The molecule has 4 rings (SSSR count). The maximum atomic E-state index is 16.9. The Kier molecular flexibility index (Phi) is 21.9. The van der Waals surface area contributed by atoms with Gasteiger partial charge in [-0.1, -0.05) is 72.4 Å². The summed E-state index contributed by atoms with van der Waals surface area (Å²) in [6.45, 7) is 21.1. The zero-order valence-electron chi connectivity index (χ0n) is 35.6. The van der Waals surface area contributed by atoms with Gasteiger partial charge in [-0.3, -0.25) is 10.2 Å². The van der Waals surface area contributed by atoms with Crippen molar-refractivity contribution in [2.24, 2.45) is 5.92 Å². The van der Waals surface area contributed by atoms with E-state index in [1.807, 2.05) is 32.6 Å². The molecule has 0 amide bonds. The summed E-state index contributed by atoms with van der Waals surface area (Å²) in [5.41, 5.74) is -1.40. The van der Waals surface area contributed by atoms with Crippen molar-refractivity contribution in [2.75, 3.05) is 39.6 Å². The Hall–Kier alpha value is -4.15. The zero-order chi connectivity index (χ0) is 43.6. The molecule has 2 aromatic carbocycles. The molecule has 1 fully saturated rings. The van der Waals surface area contributed by atoms with Crippen LogP contribution >= 0.6 is 11.8 Å². The Bertz CT molecular complexity index is 1990. The van der Waals surface area contributed by atoms with Gasteiger partial charge in [-0.05, 0) is 108 Å². The molecule has 0 aromatic heterocycles. The molecule has 2 aromatic rings. The number of hydrogen-bond donors (Lipinski definition) is 2. The van der Waals surface area contributed by atoms with Crippen LogP contribution in [0.3, 0.4) is 0 Å². The van der Waals surface area contributed by atoms with Crippen LogP contribution in [0.2, 0.25) is 0 Å². The largest absolute Gasteiger partial charge is 0.483 e. The van der Waals surface area contributed by atoms with E-state index in [1.54, 1.807) is 26.1 Å². The summed E-state index contributed by atoms with van der Waals surface area (Å²) in [4.78, 5) is 13.8. The van der Waals surface area contributed by atoms with E-state index in [9.17, 15) is 27.6 Å². The van der Waals surface area contributed by atoms with Gasteiger partial charge >= 0.3 is 6.18 Å². The Morgan fingerprint density at radius 2 is 1.72 bits per heavy atom. The normalized spacial score (nSPS) is 15.9. The molecule has 2 aliphatic heterocycles. The second-order valence-corrected chi connectivity index (χ2v) is 14.8. The molecule has 2 aliphatic rings. The van der Waals surface area contributed by atoms with E-state index < -0.39 is 28.6 Å². The van der Waals surface area contributed by atoms with E-state index in [0.29, 0.717) is 29.8 Å². The minimum absolute atomic E-state index is 0.00167. The third-order valence-corrected chi connectivity index (χ3v) is 10.9. The zero-order valence-corrected chi connectivity index (χ0v) is 36.4. The van der Waals surface area contributed by atoms with Crippen molar-refractivity contribution < 1.29 is 31.5 Å². The van der Waals surface area contributed by atoms with Crippen molar-refractivity contribution in [1.29, 1.82) is 10.7 Å². The fraction of sp³-hybridized carbons (Fsp3) is 0.523. The van der Waals surface area contributed by atoms with Crippen LogP contribution in [0, 0.1) is 44.7 Å².